The van der Waals surface area contributed by atoms with E-state index in [0.29, 0.717) is 23.2 Å². The maximum absolute atomic E-state index is 12.8. The summed E-state index contributed by atoms with van der Waals surface area (Å²) in [4.78, 5) is 24.4. The van der Waals surface area contributed by atoms with E-state index in [1.807, 2.05) is 31.2 Å². The van der Waals surface area contributed by atoms with Crippen LogP contribution in [0.5, 0.6) is 0 Å². The van der Waals surface area contributed by atoms with Gasteiger partial charge in [0.1, 0.15) is 0 Å². The van der Waals surface area contributed by atoms with Crippen LogP contribution in [0.2, 0.25) is 0 Å². The Hall–Kier alpha value is -2.46. The number of benzene rings is 2. The highest BCUT2D eigenvalue weighted by Gasteiger charge is 2.26. The van der Waals surface area contributed by atoms with Gasteiger partial charge in [-0.2, -0.15) is 0 Å². The molecule has 1 atom stereocenters. The molecule has 2 N–H and O–H groups in total. The number of aryl methyl sites for hydroxylation is 1. The van der Waals surface area contributed by atoms with Gasteiger partial charge in [0.2, 0.25) is 0 Å². The summed E-state index contributed by atoms with van der Waals surface area (Å²) in [7, 11) is 0. The highest BCUT2D eigenvalue weighted by Crippen LogP contribution is 2.30. The van der Waals surface area contributed by atoms with E-state index in [9.17, 15) is 14.7 Å². The fourth-order valence-electron chi connectivity index (χ4n) is 3.10. The van der Waals surface area contributed by atoms with Gasteiger partial charge in [-0.05, 0) is 37.1 Å². The Kier molecular flexibility index (Phi) is 4.26. The fourth-order valence-corrected chi connectivity index (χ4v) is 3.10. The maximum Gasteiger partial charge on any atom is 0.336 e. The lowest BCUT2D eigenvalue weighted by molar-refractivity contribution is 0.0697. The number of Topliss-reactive ketones (excluding diaryl/α,β-unsaturated/α-hetero) is 1. The molecule has 118 valence electrons. The van der Waals surface area contributed by atoms with Crippen LogP contribution in [0.25, 0.3) is 11.1 Å². The van der Waals surface area contributed by atoms with Crippen LogP contribution in [0.1, 0.15) is 32.7 Å². The van der Waals surface area contributed by atoms with Gasteiger partial charge in [-0.1, -0.05) is 42.0 Å². The molecule has 23 heavy (non-hydrogen) atoms. The number of carbonyl (C=O) groups is 2. The molecular weight excluding hydrogens is 290 g/mol. The van der Waals surface area contributed by atoms with Crippen molar-refractivity contribution in [2.45, 2.75) is 13.3 Å². The van der Waals surface area contributed by atoms with Gasteiger partial charge in [0, 0.05) is 18.0 Å². The van der Waals surface area contributed by atoms with Crippen LogP contribution >= 0.6 is 0 Å². The summed E-state index contributed by atoms with van der Waals surface area (Å²) in [6.07, 6.45) is 0.826. The van der Waals surface area contributed by atoms with Crippen LogP contribution in [-0.4, -0.2) is 29.9 Å². The van der Waals surface area contributed by atoms with Gasteiger partial charge in [0.05, 0.1) is 5.56 Å². The van der Waals surface area contributed by atoms with Gasteiger partial charge >= 0.3 is 5.97 Å². The van der Waals surface area contributed by atoms with Crippen molar-refractivity contribution >= 4 is 11.8 Å². The number of hydrogen-bond acceptors (Lipinski definition) is 3. The van der Waals surface area contributed by atoms with E-state index in [1.54, 1.807) is 18.2 Å². The first-order valence-corrected chi connectivity index (χ1v) is 7.76. The minimum Gasteiger partial charge on any atom is -0.478 e. The molecule has 0 aromatic heterocycles. The first-order chi connectivity index (χ1) is 11.1. The Bertz CT molecular complexity index is 761. The van der Waals surface area contributed by atoms with Crippen LogP contribution < -0.4 is 5.32 Å². The minimum absolute atomic E-state index is 0.0325. The average Bonchev–Trinajstić information content (AvgIpc) is 3.08. The quantitative estimate of drug-likeness (QED) is 0.851. The van der Waals surface area contributed by atoms with Crippen LogP contribution in [0.4, 0.5) is 0 Å². The number of rotatable bonds is 4. The lowest BCUT2D eigenvalue weighted by atomic mass is 9.88. The number of ketones is 1. The van der Waals surface area contributed by atoms with Crippen LogP contribution in [0.15, 0.2) is 42.5 Å². The molecule has 4 nitrogen and oxygen atoms in total. The standard InChI is InChI=1S/C19H19NO3/c1-12-6-7-15(17(10-12)19(22)23)14-4-2-3-5-16(14)18(21)13-8-9-20-11-13/h2-7,10,13,20H,8-9,11H2,1H3,(H,22,23). The van der Waals surface area contributed by atoms with Crippen LogP contribution in [0, 0.1) is 12.8 Å². The van der Waals surface area contributed by atoms with E-state index in [-0.39, 0.29) is 17.3 Å². The molecule has 0 radical (unpaired) electrons. The van der Waals surface area contributed by atoms with Crippen molar-refractivity contribution in [3.05, 3.63) is 59.2 Å². The SMILES string of the molecule is Cc1ccc(-c2ccccc2C(=O)C2CCNC2)c(C(=O)O)c1. The predicted octanol–water partition coefficient (Wildman–Crippen LogP) is 3.15. The van der Waals surface area contributed by atoms with E-state index >= 15 is 0 Å². The number of carbonyl (C=O) groups excluding carboxylic acids is 1. The van der Waals surface area contributed by atoms with E-state index in [0.717, 1.165) is 18.5 Å². The molecule has 1 aliphatic heterocycles. The molecule has 1 aliphatic rings. The summed E-state index contributed by atoms with van der Waals surface area (Å²) >= 11 is 0. The molecule has 0 aliphatic carbocycles. The number of carboxylic acids is 1. The predicted molar refractivity (Wildman–Crippen MR) is 88.9 cm³/mol. The molecule has 0 amide bonds. The zero-order valence-corrected chi connectivity index (χ0v) is 13.0. The Morgan fingerprint density at radius 2 is 1.83 bits per heavy atom. The minimum atomic E-state index is -0.978. The molecule has 2 aromatic carbocycles. The van der Waals surface area contributed by atoms with E-state index in [1.165, 1.54) is 0 Å². The molecule has 0 spiro atoms. The molecule has 3 rings (SSSR count). The summed E-state index contributed by atoms with van der Waals surface area (Å²) in [5.74, 6) is -0.925. The van der Waals surface area contributed by atoms with Crippen molar-refractivity contribution < 1.29 is 14.7 Å². The molecule has 0 bridgehead atoms. The molecule has 4 heteroatoms. The monoisotopic (exact) mass is 309 g/mol. The smallest absolute Gasteiger partial charge is 0.336 e. The third kappa shape index (κ3) is 3.03. The van der Waals surface area contributed by atoms with Crippen molar-refractivity contribution in [3.63, 3.8) is 0 Å². The summed E-state index contributed by atoms with van der Waals surface area (Å²) < 4.78 is 0. The molecule has 1 fully saturated rings. The first kappa shape index (κ1) is 15.4. The van der Waals surface area contributed by atoms with E-state index in [4.69, 9.17) is 0 Å². The Balaban J connectivity index is 2.11. The number of nitrogens with one attached hydrogen (secondary N) is 1. The molecule has 1 unspecified atom stereocenters. The molecule has 1 saturated heterocycles. The normalized spacial score (nSPS) is 17.2. The molecule has 1 heterocycles. The second-order valence-corrected chi connectivity index (χ2v) is 5.95. The zero-order valence-electron chi connectivity index (χ0n) is 13.0. The second-order valence-electron chi connectivity index (χ2n) is 5.95. The zero-order chi connectivity index (χ0) is 16.4. The summed E-state index contributed by atoms with van der Waals surface area (Å²) in [5.41, 5.74) is 3.01. The fraction of sp³-hybridized carbons (Fsp3) is 0.263. The third-order valence-electron chi connectivity index (χ3n) is 4.32. The topological polar surface area (TPSA) is 66.4 Å². The van der Waals surface area contributed by atoms with Crippen molar-refractivity contribution in [1.29, 1.82) is 0 Å². The number of carboxylic acid groups (broad SMARTS) is 1. The Labute approximate surface area is 135 Å². The lowest BCUT2D eigenvalue weighted by Crippen LogP contribution is -2.18. The molecular formula is C19H19NO3. The van der Waals surface area contributed by atoms with Crippen molar-refractivity contribution in [3.8, 4) is 11.1 Å². The summed E-state index contributed by atoms with van der Waals surface area (Å²) in [6, 6.07) is 12.6. The summed E-state index contributed by atoms with van der Waals surface area (Å²) in [6.45, 7) is 3.40. The maximum atomic E-state index is 12.8. The van der Waals surface area contributed by atoms with Crippen LogP contribution in [0.3, 0.4) is 0 Å². The van der Waals surface area contributed by atoms with E-state index < -0.39 is 5.97 Å². The van der Waals surface area contributed by atoms with Gasteiger partial charge in [-0.15, -0.1) is 0 Å². The van der Waals surface area contributed by atoms with Gasteiger partial charge in [-0.25, -0.2) is 4.79 Å². The summed E-state index contributed by atoms with van der Waals surface area (Å²) in [5, 5.41) is 12.7. The van der Waals surface area contributed by atoms with Crippen molar-refractivity contribution in [2.75, 3.05) is 13.1 Å². The van der Waals surface area contributed by atoms with Gasteiger partial charge in [-0.3, -0.25) is 4.79 Å². The van der Waals surface area contributed by atoms with Gasteiger partial charge in [0.15, 0.2) is 5.78 Å². The first-order valence-electron chi connectivity index (χ1n) is 7.76. The largest absolute Gasteiger partial charge is 0.478 e. The van der Waals surface area contributed by atoms with Crippen molar-refractivity contribution in [2.24, 2.45) is 5.92 Å². The van der Waals surface area contributed by atoms with Gasteiger partial charge < -0.3 is 10.4 Å². The molecule has 2 aromatic rings. The lowest BCUT2D eigenvalue weighted by Gasteiger charge is -2.14. The Morgan fingerprint density at radius 3 is 2.52 bits per heavy atom. The number of aromatic carboxylic acids is 1. The molecule has 0 saturated carbocycles. The average molecular weight is 309 g/mol. The third-order valence-corrected chi connectivity index (χ3v) is 4.32. The number of hydrogen-bond donors (Lipinski definition) is 2. The Morgan fingerprint density at radius 1 is 1.09 bits per heavy atom. The van der Waals surface area contributed by atoms with Gasteiger partial charge in [0.25, 0.3) is 0 Å². The van der Waals surface area contributed by atoms with Crippen molar-refractivity contribution in [1.82, 2.24) is 5.32 Å². The van der Waals surface area contributed by atoms with Crippen LogP contribution in [-0.2, 0) is 0 Å². The second kappa shape index (κ2) is 6.34. The highest BCUT2D eigenvalue weighted by atomic mass is 16.4. The van der Waals surface area contributed by atoms with E-state index in [2.05, 4.69) is 5.32 Å². The highest BCUT2D eigenvalue weighted by molar-refractivity contribution is 6.06.